The van der Waals surface area contributed by atoms with E-state index in [1.54, 1.807) is 13.8 Å². The van der Waals surface area contributed by atoms with Gasteiger partial charge in [0.05, 0.1) is 12.1 Å². The zero-order chi connectivity index (χ0) is 28.3. The lowest BCUT2D eigenvalue weighted by atomic mass is 10.0. The molecule has 0 aliphatic rings. The third-order valence-corrected chi connectivity index (χ3v) is 5.40. The average molecular weight is 525 g/mol. The predicted molar refractivity (Wildman–Crippen MR) is 131 cm³/mol. The summed E-state index contributed by atoms with van der Waals surface area (Å²) in [5.41, 5.74) is 6.27. The van der Waals surface area contributed by atoms with Gasteiger partial charge in [0.25, 0.3) is 0 Å². The molecule has 5 atom stereocenters. The van der Waals surface area contributed by atoms with Crippen molar-refractivity contribution in [3.05, 3.63) is 29.8 Å². The summed E-state index contributed by atoms with van der Waals surface area (Å²) in [5.74, 6) is -5.11. The van der Waals surface area contributed by atoms with E-state index in [9.17, 15) is 39.3 Å². The molecule has 5 unspecified atom stereocenters. The number of phenolic OH excluding ortho intramolecular Hbond substituents is 1. The van der Waals surface area contributed by atoms with Gasteiger partial charge in [-0.25, -0.2) is 4.79 Å². The molecular formula is C24H36N4O9. The summed E-state index contributed by atoms with van der Waals surface area (Å²) >= 11 is 0. The van der Waals surface area contributed by atoms with Crippen molar-refractivity contribution >= 4 is 29.7 Å². The number of aromatic hydroxyl groups is 1. The Labute approximate surface area is 214 Å². The SMILES string of the molecule is CC(C)CC(NC(=O)C(NC(=O)C(Cc1ccc(O)cc1)NC(=O)C(N)CCC(=O)O)C(C)O)C(=O)O. The van der Waals surface area contributed by atoms with Crippen LogP contribution in [0.4, 0.5) is 0 Å². The molecule has 0 heterocycles. The summed E-state index contributed by atoms with van der Waals surface area (Å²) in [6.07, 6.45) is -1.94. The molecule has 1 rings (SSSR count). The summed E-state index contributed by atoms with van der Waals surface area (Å²) in [5, 5.41) is 44.9. The molecule has 0 saturated heterocycles. The summed E-state index contributed by atoms with van der Waals surface area (Å²) in [6.45, 7) is 4.78. The Hall–Kier alpha value is -3.71. The highest BCUT2D eigenvalue weighted by atomic mass is 16.4. The Morgan fingerprint density at radius 3 is 1.92 bits per heavy atom. The third-order valence-electron chi connectivity index (χ3n) is 5.40. The van der Waals surface area contributed by atoms with Crippen LogP contribution in [0.3, 0.4) is 0 Å². The molecule has 0 aliphatic heterocycles. The number of nitrogens with one attached hydrogen (secondary N) is 3. The summed E-state index contributed by atoms with van der Waals surface area (Å²) in [4.78, 5) is 60.8. The Balaban J connectivity index is 3.09. The fraction of sp³-hybridized carbons (Fsp3) is 0.542. The first-order valence-corrected chi connectivity index (χ1v) is 11.8. The molecule has 1 aromatic carbocycles. The van der Waals surface area contributed by atoms with E-state index in [0.29, 0.717) is 5.56 Å². The molecule has 13 nitrogen and oxygen atoms in total. The summed E-state index contributed by atoms with van der Waals surface area (Å²) < 4.78 is 0. The van der Waals surface area contributed by atoms with E-state index < -0.39 is 59.9 Å². The van der Waals surface area contributed by atoms with Crippen LogP contribution in [0.2, 0.25) is 0 Å². The van der Waals surface area contributed by atoms with E-state index in [1.807, 2.05) is 0 Å². The van der Waals surface area contributed by atoms with Crippen molar-refractivity contribution in [2.45, 2.75) is 76.7 Å². The van der Waals surface area contributed by atoms with Gasteiger partial charge in [-0.3, -0.25) is 19.2 Å². The third kappa shape index (κ3) is 11.3. The van der Waals surface area contributed by atoms with Gasteiger partial charge in [0.15, 0.2) is 0 Å². The Morgan fingerprint density at radius 2 is 1.43 bits per heavy atom. The number of benzene rings is 1. The normalized spacial score (nSPS) is 15.1. The number of hydrogen-bond donors (Lipinski definition) is 8. The van der Waals surface area contributed by atoms with Crippen LogP contribution in [0.5, 0.6) is 5.75 Å². The van der Waals surface area contributed by atoms with Gasteiger partial charge in [-0.2, -0.15) is 0 Å². The number of aliphatic hydroxyl groups is 1. The van der Waals surface area contributed by atoms with Crippen LogP contribution in [0.15, 0.2) is 24.3 Å². The molecule has 0 saturated carbocycles. The molecule has 1 aromatic rings. The van der Waals surface area contributed by atoms with Crippen LogP contribution in [0.25, 0.3) is 0 Å². The van der Waals surface area contributed by atoms with Gasteiger partial charge in [0, 0.05) is 12.8 Å². The second kappa shape index (κ2) is 14.8. The molecule has 0 bridgehead atoms. The van der Waals surface area contributed by atoms with Crippen molar-refractivity contribution in [3.63, 3.8) is 0 Å². The van der Waals surface area contributed by atoms with Crippen LogP contribution in [0.1, 0.15) is 45.6 Å². The molecule has 13 heteroatoms. The number of nitrogens with two attached hydrogens (primary N) is 1. The lowest BCUT2D eigenvalue weighted by molar-refractivity contribution is -0.143. The molecular weight excluding hydrogens is 488 g/mol. The number of aliphatic carboxylic acids is 2. The number of aliphatic hydroxyl groups excluding tert-OH is 1. The van der Waals surface area contributed by atoms with Crippen LogP contribution < -0.4 is 21.7 Å². The maximum atomic E-state index is 13.1. The van der Waals surface area contributed by atoms with Crippen molar-refractivity contribution in [3.8, 4) is 5.75 Å². The zero-order valence-corrected chi connectivity index (χ0v) is 21.0. The van der Waals surface area contributed by atoms with Gasteiger partial charge < -0.3 is 42.1 Å². The number of carboxylic acids is 2. The second-order valence-electron chi connectivity index (χ2n) is 9.23. The van der Waals surface area contributed by atoms with Gasteiger partial charge in [-0.15, -0.1) is 0 Å². The second-order valence-corrected chi connectivity index (χ2v) is 9.23. The average Bonchev–Trinajstić information content (AvgIpc) is 2.80. The number of phenols is 1. The van der Waals surface area contributed by atoms with E-state index >= 15 is 0 Å². The number of carboxylic acid groups (broad SMARTS) is 2. The fourth-order valence-corrected chi connectivity index (χ4v) is 3.38. The van der Waals surface area contributed by atoms with E-state index in [1.165, 1.54) is 31.2 Å². The minimum absolute atomic E-state index is 0.0234. The molecule has 0 aliphatic carbocycles. The lowest BCUT2D eigenvalue weighted by Gasteiger charge is -2.27. The minimum Gasteiger partial charge on any atom is -0.508 e. The summed E-state index contributed by atoms with van der Waals surface area (Å²) in [7, 11) is 0. The Bertz CT molecular complexity index is 950. The molecule has 0 fully saturated rings. The van der Waals surface area contributed by atoms with Crippen molar-refractivity contribution in [1.29, 1.82) is 0 Å². The number of rotatable bonds is 15. The Kier molecular flexibility index (Phi) is 12.5. The zero-order valence-electron chi connectivity index (χ0n) is 21.0. The first-order valence-electron chi connectivity index (χ1n) is 11.8. The molecule has 0 radical (unpaired) electrons. The van der Waals surface area contributed by atoms with Crippen LogP contribution in [0, 0.1) is 5.92 Å². The molecule has 0 spiro atoms. The molecule has 9 N–H and O–H groups in total. The summed E-state index contributed by atoms with van der Waals surface area (Å²) in [6, 6.07) is 0.451. The first kappa shape index (κ1) is 31.3. The quantitative estimate of drug-likeness (QED) is 0.141. The minimum atomic E-state index is -1.54. The number of hydrogen-bond acceptors (Lipinski definition) is 8. The van der Waals surface area contributed by atoms with E-state index in [0.717, 1.165) is 0 Å². The van der Waals surface area contributed by atoms with Crippen molar-refractivity contribution < 1.29 is 44.4 Å². The molecule has 206 valence electrons. The highest BCUT2D eigenvalue weighted by Gasteiger charge is 2.33. The standard InChI is InChI=1S/C24H36N4O9/c1-12(2)10-18(24(36)37)27-23(35)20(13(3)29)28-22(34)17(11-14-4-6-15(30)7-5-14)26-21(33)16(25)8-9-19(31)32/h4-7,12-13,16-18,20,29-30H,8-11,25H2,1-3H3,(H,26,33)(H,27,35)(H,28,34)(H,31,32)(H,36,37). The van der Waals surface area contributed by atoms with E-state index in [4.69, 9.17) is 10.8 Å². The topological polar surface area (TPSA) is 228 Å². The number of carbonyl (C=O) groups excluding carboxylic acids is 3. The molecule has 0 aromatic heterocycles. The lowest BCUT2D eigenvalue weighted by Crippen LogP contribution is -2.60. The van der Waals surface area contributed by atoms with Gasteiger partial charge in [-0.1, -0.05) is 26.0 Å². The van der Waals surface area contributed by atoms with Gasteiger partial charge >= 0.3 is 11.9 Å². The van der Waals surface area contributed by atoms with Gasteiger partial charge in [0.1, 0.15) is 23.9 Å². The van der Waals surface area contributed by atoms with E-state index in [2.05, 4.69) is 16.0 Å². The molecule has 37 heavy (non-hydrogen) atoms. The van der Waals surface area contributed by atoms with Crippen molar-refractivity contribution in [1.82, 2.24) is 16.0 Å². The van der Waals surface area contributed by atoms with Gasteiger partial charge in [0.2, 0.25) is 17.7 Å². The van der Waals surface area contributed by atoms with Crippen LogP contribution >= 0.6 is 0 Å². The van der Waals surface area contributed by atoms with Crippen molar-refractivity contribution in [2.75, 3.05) is 0 Å². The highest BCUT2D eigenvalue weighted by Crippen LogP contribution is 2.12. The van der Waals surface area contributed by atoms with Crippen molar-refractivity contribution in [2.24, 2.45) is 11.7 Å². The smallest absolute Gasteiger partial charge is 0.326 e. The first-order chi connectivity index (χ1) is 17.2. The molecule has 3 amide bonds. The fourth-order valence-electron chi connectivity index (χ4n) is 3.38. The largest absolute Gasteiger partial charge is 0.508 e. The maximum Gasteiger partial charge on any atom is 0.326 e. The monoisotopic (exact) mass is 524 g/mol. The number of carbonyl (C=O) groups is 5. The predicted octanol–water partition coefficient (Wildman–Crippen LogP) is -0.907. The van der Waals surface area contributed by atoms with Crippen LogP contribution in [-0.2, 0) is 30.4 Å². The maximum absolute atomic E-state index is 13.1. The Morgan fingerprint density at radius 1 is 0.865 bits per heavy atom. The van der Waals surface area contributed by atoms with Crippen LogP contribution in [-0.4, -0.2) is 80.4 Å². The highest BCUT2D eigenvalue weighted by molar-refractivity contribution is 5.94. The van der Waals surface area contributed by atoms with Gasteiger partial charge in [-0.05, 0) is 43.4 Å². The van der Waals surface area contributed by atoms with E-state index in [-0.39, 0.29) is 37.4 Å². The number of amides is 3.